The number of hydrogen-bond donors (Lipinski definition) is 1. The van der Waals surface area contributed by atoms with Crippen molar-refractivity contribution >= 4 is 17.4 Å². The predicted octanol–water partition coefficient (Wildman–Crippen LogP) is 4.25. The summed E-state index contributed by atoms with van der Waals surface area (Å²) in [5, 5.41) is 11.2. The van der Waals surface area contributed by atoms with Gasteiger partial charge >= 0.3 is 0 Å². The number of benzene rings is 2. The van der Waals surface area contributed by atoms with Crippen LogP contribution >= 0.6 is 0 Å². The van der Waals surface area contributed by atoms with Gasteiger partial charge in [-0.05, 0) is 61.2 Å². The van der Waals surface area contributed by atoms with E-state index in [1.807, 2.05) is 38.1 Å². The summed E-state index contributed by atoms with van der Waals surface area (Å²) < 4.78 is 16.1. The summed E-state index contributed by atoms with van der Waals surface area (Å²) >= 11 is 0. The van der Waals surface area contributed by atoms with Crippen molar-refractivity contribution in [1.29, 1.82) is 0 Å². The lowest BCUT2D eigenvalue weighted by Crippen LogP contribution is -2.31. The van der Waals surface area contributed by atoms with Crippen LogP contribution in [-0.4, -0.2) is 55.7 Å². The van der Waals surface area contributed by atoms with Gasteiger partial charge in [0.15, 0.2) is 0 Å². The van der Waals surface area contributed by atoms with Gasteiger partial charge in [0.25, 0.3) is 11.7 Å². The normalized spacial score (nSPS) is 17.5. The molecule has 7 nitrogen and oxygen atoms in total. The number of aliphatic hydroxyl groups excluding tert-OH is 1. The Hall–Kier alpha value is -3.32. The number of aryl methyl sites for hydroxylation is 1. The van der Waals surface area contributed by atoms with E-state index < -0.39 is 17.7 Å². The topological polar surface area (TPSA) is 85.3 Å². The molecule has 0 spiro atoms. The molecule has 2 aromatic rings. The van der Waals surface area contributed by atoms with E-state index in [0.29, 0.717) is 43.2 Å². The van der Waals surface area contributed by atoms with Crippen molar-refractivity contribution in [1.82, 2.24) is 4.90 Å². The summed E-state index contributed by atoms with van der Waals surface area (Å²) in [7, 11) is 3.16. The molecule has 1 N–H and O–H groups in total. The van der Waals surface area contributed by atoms with Crippen LogP contribution in [0.5, 0.6) is 11.5 Å². The highest BCUT2D eigenvalue weighted by Crippen LogP contribution is 2.40. The van der Waals surface area contributed by atoms with Crippen molar-refractivity contribution in [2.45, 2.75) is 32.7 Å². The van der Waals surface area contributed by atoms with E-state index in [2.05, 4.69) is 0 Å². The zero-order valence-corrected chi connectivity index (χ0v) is 19.6. The van der Waals surface area contributed by atoms with Crippen molar-refractivity contribution < 1.29 is 28.9 Å². The van der Waals surface area contributed by atoms with E-state index in [1.54, 1.807) is 32.4 Å². The largest absolute Gasteiger partial charge is 0.507 e. The molecule has 0 radical (unpaired) electrons. The molecule has 1 fully saturated rings. The molecule has 0 saturated carbocycles. The molecule has 1 saturated heterocycles. The number of likely N-dealkylation sites (tertiary alicyclic amines) is 1. The summed E-state index contributed by atoms with van der Waals surface area (Å²) in [6.45, 7) is 5.27. The minimum absolute atomic E-state index is 0.0733. The van der Waals surface area contributed by atoms with E-state index in [9.17, 15) is 14.7 Å². The first kappa shape index (κ1) is 24.3. The Morgan fingerprint density at radius 2 is 1.79 bits per heavy atom. The van der Waals surface area contributed by atoms with Crippen molar-refractivity contribution in [3.8, 4) is 11.5 Å². The van der Waals surface area contributed by atoms with Gasteiger partial charge in [0.1, 0.15) is 17.3 Å². The lowest BCUT2D eigenvalue weighted by atomic mass is 9.94. The van der Waals surface area contributed by atoms with Gasteiger partial charge in [0.2, 0.25) is 0 Å². The molecule has 2 aromatic carbocycles. The van der Waals surface area contributed by atoms with Gasteiger partial charge in [-0.15, -0.1) is 0 Å². The summed E-state index contributed by atoms with van der Waals surface area (Å²) in [5.74, 6) is -0.151. The molecule has 33 heavy (non-hydrogen) atoms. The Morgan fingerprint density at radius 3 is 2.39 bits per heavy atom. The second kappa shape index (κ2) is 11.0. The number of carbonyl (C=O) groups excluding carboxylic acids is 2. The van der Waals surface area contributed by atoms with Gasteiger partial charge in [-0.3, -0.25) is 9.59 Å². The average Bonchev–Trinajstić information content (AvgIpc) is 3.07. The van der Waals surface area contributed by atoms with Crippen LogP contribution in [0.4, 0.5) is 0 Å². The summed E-state index contributed by atoms with van der Waals surface area (Å²) in [6, 6.07) is 11.7. The van der Waals surface area contributed by atoms with Crippen LogP contribution in [-0.2, 0) is 14.3 Å². The molecule has 176 valence electrons. The molecular formula is C26H31NO6. The highest BCUT2D eigenvalue weighted by molar-refractivity contribution is 6.46. The van der Waals surface area contributed by atoms with Gasteiger partial charge in [0.05, 0.1) is 25.3 Å². The van der Waals surface area contributed by atoms with Gasteiger partial charge in [-0.25, -0.2) is 0 Å². The quantitative estimate of drug-likeness (QED) is 0.251. The number of ketones is 1. The molecule has 7 heteroatoms. The Bertz CT molecular complexity index is 1030. The lowest BCUT2D eigenvalue weighted by molar-refractivity contribution is -0.140. The van der Waals surface area contributed by atoms with E-state index in [1.165, 1.54) is 4.90 Å². The number of Topliss-reactive ketones (excluding diaryl/α,β-unsaturated/α-hetero) is 1. The minimum atomic E-state index is -0.704. The maximum atomic E-state index is 13.1. The van der Waals surface area contributed by atoms with E-state index in [4.69, 9.17) is 14.2 Å². The number of carbonyl (C=O) groups is 2. The molecule has 1 aliphatic rings. The number of ether oxygens (including phenoxy) is 3. The number of nitrogens with zero attached hydrogens (tertiary/aromatic N) is 1. The van der Waals surface area contributed by atoms with Crippen LogP contribution in [0.2, 0.25) is 0 Å². The Kier molecular flexibility index (Phi) is 8.11. The van der Waals surface area contributed by atoms with Crippen molar-refractivity contribution in [3.05, 3.63) is 64.7 Å². The van der Waals surface area contributed by atoms with Gasteiger partial charge in [-0.1, -0.05) is 19.1 Å². The predicted molar refractivity (Wildman–Crippen MR) is 125 cm³/mol. The van der Waals surface area contributed by atoms with E-state index in [0.717, 1.165) is 17.5 Å². The van der Waals surface area contributed by atoms with Crippen LogP contribution in [0.3, 0.4) is 0 Å². The maximum Gasteiger partial charge on any atom is 0.295 e. The van der Waals surface area contributed by atoms with Gasteiger partial charge < -0.3 is 24.2 Å². The zero-order valence-electron chi connectivity index (χ0n) is 19.6. The van der Waals surface area contributed by atoms with Crippen molar-refractivity contribution in [3.63, 3.8) is 0 Å². The third-order valence-corrected chi connectivity index (χ3v) is 5.62. The minimum Gasteiger partial charge on any atom is -0.507 e. The fourth-order valence-electron chi connectivity index (χ4n) is 3.98. The SMILES string of the molecule is CCCOc1ccc(C2/C(=C(/O)c3ccc(OC)c(C)c3)C(=O)C(=O)N2CCCOC)cc1. The summed E-state index contributed by atoms with van der Waals surface area (Å²) in [6.07, 6.45) is 1.46. The molecule has 1 heterocycles. The Balaban J connectivity index is 2.07. The molecule has 0 bridgehead atoms. The van der Waals surface area contributed by atoms with E-state index in [-0.39, 0.29) is 11.3 Å². The van der Waals surface area contributed by atoms with Crippen LogP contribution in [0.1, 0.15) is 42.5 Å². The fraction of sp³-hybridized carbons (Fsp3) is 0.385. The molecule has 1 atom stereocenters. The monoisotopic (exact) mass is 453 g/mol. The zero-order chi connectivity index (χ0) is 24.0. The summed E-state index contributed by atoms with van der Waals surface area (Å²) in [5.41, 5.74) is 2.06. The van der Waals surface area contributed by atoms with Crippen LogP contribution in [0.25, 0.3) is 5.76 Å². The second-order valence-electron chi connectivity index (χ2n) is 7.94. The number of aliphatic hydroxyl groups is 1. The van der Waals surface area contributed by atoms with Gasteiger partial charge in [-0.2, -0.15) is 0 Å². The fourth-order valence-corrected chi connectivity index (χ4v) is 3.98. The first-order valence-electron chi connectivity index (χ1n) is 11.1. The molecule has 0 aliphatic carbocycles. The Morgan fingerprint density at radius 1 is 1.06 bits per heavy atom. The van der Waals surface area contributed by atoms with Crippen LogP contribution in [0.15, 0.2) is 48.0 Å². The van der Waals surface area contributed by atoms with Gasteiger partial charge in [0, 0.05) is 25.8 Å². The van der Waals surface area contributed by atoms with E-state index >= 15 is 0 Å². The maximum absolute atomic E-state index is 13.1. The first-order chi connectivity index (χ1) is 15.9. The summed E-state index contributed by atoms with van der Waals surface area (Å²) in [4.78, 5) is 27.5. The number of amides is 1. The first-order valence-corrected chi connectivity index (χ1v) is 11.1. The lowest BCUT2D eigenvalue weighted by Gasteiger charge is -2.25. The molecular weight excluding hydrogens is 422 g/mol. The van der Waals surface area contributed by atoms with Crippen LogP contribution in [0, 0.1) is 6.92 Å². The Labute approximate surface area is 194 Å². The molecule has 1 unspecified atom stereocenters. The van der Waals surface area contributed by atoms with Crippen LogP contribution < -0.4 is 9.47 Å². The smallest absolute Gasteiger partial charge is 0.295 e. The highest BCUT2D eigenvalue weighted by atomic mass is 16.5. The molecule has 1 aliphatic heterocycles. The average molecular weight is 454 g/mol. The highest BCUT2D eigenvalue weighted by Gasteiger charge is 2.45. The third-order valence-electron chi connectivity index (χ3n) is 5.62. The molecule has 0 aromatic heterocycles. The number of rotatable bonds is 10. The number of methoxy groups -OCH3 is 2. The number of hydrogen-bond acceptors (Lipinski definition) is 6. The molecule has 3 rings (SSSR count). The second-order valence-corrected chi connectivity index (χ2v) is 7.94. The van der Waals surface area contributed by atoms with Crippen molar-refractivity contribution in [2.24, 2.45) is 0 Å². The van der Waals surface area contributed by atoms with Crippen molar-refractivity contribution in [2.75, 3.05) is 34.0 Å². The molecule has 1 amide bonds. The third kappa shape index (κ3) is 5.20. The standard InChI is InChI=1S/C26H31NO6/c1-5-14-33-20-10-7-18(8-11-20)23-22(25(29)26(30)27(23)13-6-15-31-3)24(28)19-9-12-21(32-4)17(2)16-19/h7-12,16,23,28H,5-6,13-15H2,1-4H3/b24-22-.